The fraction of sp³-hybridized carbons (Fsp3) is 0.333. The molecule has 2 N–H and O–H groups in total. The maximum atomic E-state index is 10.9. The maximum absolute atomic E-state index is 10.9. The minimum atomic E-state index is -0.721. The summed E-state index contributed by atoms with van der Waals surface area (Å²) in [6.45, 7) is 5.62. The molecule has 0 unspecified atom stereocenters. The molecule has 0 saturated carbocycles. The maximum Gasteiger partial charge on any atom is 0.111 e. The number of aryl methyl sites for hydroxylation is 1. The molecule has 1 heterocycles. The van der Waals surface area contributed by atoms with Crippen LogP contribution >= 0.6 is 12.2 Å². The standard InChI is InChI=1S/C9H12N2OS/c1-4-5(2)7(8(10)12)9(13)11-6(4)3/h1-3H3,(H2,10,12)(H,11,13)/p-1. The van der Waals surface area contributed by atoms with Gasteiger partial charge in [0, 0.05) is 11.3 Å². The Morgan fingerprint density at radius 1 is 1.31 bits per heavy atom. The van der Waals surface area contributed by atoms with Gasteiger partial charge in [0.05, 0.1) is 0 Å². The average Bonchev–Trinajstić information content (AvgIpc) is 1.99. The molecule has 0 saturated heterocycles. The van der Waals surface area contributed by atoms with Gasteiger partial charge in [0.2, 0.25) is 0 Å². The SMILES string of the molecule is Cc1[nH]c(=S)c(C(=N)[O-])c(C)c1C. The molecule has 1 aromatic heterocycles. The first-order chi connectivity index (χ1) is 5.95. The predicted molar refractivity (Wildman–Crippen MR) is 52.7 cm³/mol. The highest BCUT2D eigenvalue weighted by molar-refractivity contribution is 7.71. The van der Waals surface area contributed by atoms with E-state index in [1.807, 2.05) is 20.8 Å². The Morgan fingerprint density at radius 3 is 2.31 bits per heavy atom. The van der Waals surface area contributed by atoms with E-state index in [0.29, 0.717) is 10.2 Å². The van der Waals surface area contributed by atoms with E-state index < -0.39 is 5.90 Å². The summed E-state index contributed by atoms with van der Waals surface area (Å²) in [5.41, 5.74) is 3.07. The van der Waals surface area contributed by atoms with Gasteiger partial charge in [-0.3, -0.25) is 0 Å². The molecule has 0 radical (unpaired) electrons. The van der Waals surface area contributed by atoms with Crippen LogP contribution in [0.5, 0.6) is 0 Å². The lowest BCUT2D eigenvalue weighted by Gasteiger charge is -2.14. The molecule has 0 spiro atoms. The van der Waals surface area contributed by atoms with Crippen molar-refractivity contribution in [1.82, 2.24) is 4.98 Å². The normalized spacial score (nSPS) is 10.1. The van der Waals surface area contributed by atoms with Crippen LogP contribution in [-0.4, -0.2) is 10.9 Å². The third-order valence-electron chi connectivity index (χ3n) is 2.26. The van der Waals surface area contributed by atoms with Gasteiger partial charge in [0.25, 0.3) is 0 Å². The van der Waals surface area contributed by atoms with Gasteiger partial charge in [0.15, 0.2) is 0 Å². The number of aromatic amines is 1. The van der Waals surface area contributed by atoms with Gasteiger partial charge in [-0.25, -0.2) is 0 Å². The molecule has 1 rings (SSSR count). The zero-order chi connectivity index (χ0) is 10.2. The molecule has 0 atom stereocenters. The van der Waals surface area contributed by atoms with Crippen LogP contribution in [0.15, 0.2) is 0 Å². The molecule has 70 valence electrons. The molecule has 13 heavy (non-hydrogen) atoms. The summed E-state index contributed by atoms with van der Waals surface area (Å²) in [7, 11) is 0. The highest BCUT2D eigenvalue weighted by Gasteiger charge is 2.05. The van der Waals surface area contributed by atoms with Crippen molar-refractivity contribution in [3.05, 3.63) is 27.0 Å². The fourth-order valence-corrected chi connectivity index (χ4v) is 1.64. The van der Waals surface area contributed by atoms with Crippen LogP contribution in [-0.2, 0) is 0 Å². The van der Waals surface area contributed by atoms with Crippen molar-refractivity contribution >= 4 is 18.1 Å². The van der Waals surface area contributed by atoms with E-state index in [-0.39, 0.29) is 0 Å². The van der Waals surface area contributed by atoms with Crippen LogP contribution < -0.4 is 5.11 Å². The molecule has 0 aliphatic carbocycles. The molecule has 1 aromatic rings. The molecule has 3 nitrogen and oxygen atoms in total. The second-order valence-electron chi connectivity index (χ2n) is 3.03. The number of H-pyrrole nitrogens is 1. The largest absolute Gasteiger partial charge is 0.859 e. The number of aromatic nitrogens is 1. The van der Waals surface area contributed by atoms with Crippen molar-refractivity contribution in [2.24, 2.45) is 0 Å². The third-order valence-corrected chi connectivity index (χ3v) is 2.56. The Balaban J connectivity index is 3.63. The Labute approximate surface area is 81.9 Å². The summed E-state index contributed by atoms with van der Waals surface area (Å²) >= 11 is 4.97. The van der Waals surface area contributed by atoms with Crippen LogP contribution in [0.4, 0.5) is 0 Å². The second kappa shape index (κ2) is 3.30. The molecular formula is C9H11N2OS-. The van der Waals surface area contributed by atoms with Gasteiger partial charge in [-0.05, 0) is 37.8 Å². The minimum Gasteiger partial charge on any atom is -0.859 e. The van der Waals surface area contributed by atoms with Gasteiger partial charge >= 0.3 is 0 Å². The molecule has 4 heteroatoms. The first-order valence-electron chi connectivity index (χ1n) is 3.91. The summed E-state index contributed by atoms with van der Waals surface area (Å²) in [4.78, 5) is 2.90. The number of pyridine rings is 1. The van der Waals surface area contributed by atoms with E-state index in [2.05, 4.69) is 4.98 Å². The van der Waals surface area contributed by atoms with Crippen molar-refractivity contribution in [1.29, 1.82) is 5.41 Å². The molecule has 0 aliphatic rings. The summed E-state index contributed by atoms with van der Waals surface area (Å²) < 4.78 is 0.362. The van der Waals surface area contributed by atoms with E-state index >= 15 is 0 Å². The average molecular weight is 195 g/mol. The Hall–Kier alpha value is -1.16. The van der Waals surface area contributed by atoms with Gasteiger partial charge in [-0.15, -0.1) is 0 Å². The molecule has 0 aromatic carbocycles. The quantitative estimate of drug-likeness (QED) is 0.403. The van der Waals surface area contributed by atoms with Crippen molar-refractivity contribution in [2.45, 2.75) is 20.8 Å². The number of hydrogen-bond acceptors (Lipinski definition) is 3. The zero-order valence-corrected chi connectivity index (χ0v) is 8.63. The zero-order valence-electron chi connectivity index (χ0n) is 7.82. The number of hydrogen-bond donors (Lipinski definition) is 2. The van der Waals surface area contributed by atoms with Gasteiger partial charge in [-0.2, -0.15) is 0 Å². The molecular weight excluding hydrogens is 184 g/mol. The fourth-order valence-electron chi connectivity index (χ4n) is 1.24. The van der Waals surface area contributed by atoms with E-state index in [4.69, 9.17) is 17.6 Å². The van der Waals surface area contributed by atoms with Crippen molar-refractivity contribution in [3.8, 4) is 0 Å². The minimum absolute atomic E-state index is 0.318. The highest BCUT2D eigenvalue weighted by Crippen LogP contribution is 2.15. The van der Waals surface area contributed by atoms with Gasteiger partial charge in [0.1, 0.15) is 4.64 Å². The molecule has 0 bridgehead atoms. The monoisotopic (exact) mass is 195 g/mol. The lowest BCUT2D eigenvalue weighted by molar-refractivity contribution is -0.214. The summed E-state index contributed by atoms with van der Waals surface area (Å²) in [6, 6.07) is 0. The van der Waals surface area contributed by atoms with Crippen LogP contribution in [0, 0.1) is 30.8 Å². The van der Waals surface area contributed by atoms with Crippen LogP contribution in [0.3, 0.4) is 0 Å². The highest BCUT2D eigenvalue weighted by atomic mass is 32.1. The Morgan fingerprint density at radius 2 is 1.85 bits per heavy atom. The summed E-state index contributed by atoms with van der Waals surface area (Å²) in [5, 5.41) is 18.0. The Kier molecular flexibility index (Phi) is 2.52. The Bertz CT molecular complexity index is 420. The first kappa shape index (κ1) is 9.92. The van der Waals surface area contributed by atoms with Crippen LogP contribution in [0.1, 0.15) is 22.4 Å². The molecule has 0 fully saturated rings. The summed E-state index contributed by atoms with van der Waals surface area (Å²) in [6.07, 6.45) is 0. The van der Waals surface area contributed by atoms with Gasteiger partial charge < -0.3 is 15.5 Å². The lowest BCUT2D eigenvalue weighted by Crippen LogP contribution is -2.20. The van der Waals surface area contributed by atoms with E-state index in [0.717, 1.165) is 16.8 Å². The predicted octanol–water partition coefficient (Wildman–Crippen LogP) is 1.36. The second-order valence-corrected chi connectivity index (χ2v) is 3.44. The van der Waals surface area contributed by atoms with Crippen LogP contribution in [0.2, 0.25) is 0 Å². The van der Waals surface area contributed by atoms with E-state index in [1.165, 1.54) is 0 Å². The number of rotatable bonds is 1. The van der Waals surface area contributed by atoms with E-state index in [9.17, 15) is 5.11 Å². The van der Waals surface area contributed by atoms with Crippen molar-refractivity contribution in [2.75, 3.05) is 0 Å². The molecule has 0 aliphatic heterocycles. The topological polar surface area (TPSA) is 62.7 Å². The third kappa shape index (κ3) is 1.62. The first-order valence-corrected chi connectivity index (χ1v) is 4.32. The lowest BCUT2D eigenvalue weighted by atomic mass is 10.0. The smallest absolute Gasteiger partial charge is 0.111 e. The summed E-state index contributed by atoms with van der Waals surface area (Å²) in [5.74, 6) is -0.721. The van der Waals surface area contributed by atoms with Crippen molar-refractivity contribution in [3.63, 3.8) is 0 Å². The van der Waals surface area contributed by atoms with E-state index in [1.54, 1.807) is 0 Å². The molecule has 0 amide bonds. The van der Waals surface area contributed by atoms with Crippen molar-refractivity contribution < 1.29 is 5.11 Å². The van der Waals surface area contributed by atoms with Crippen LogP contribution in [0.25, 0.3) is 0 Å². The van der Waals surface area contributed by atoms with Gasteiger partial charge in [-0.1, -0.05) is 12.2 Å². The number of nitrogens with one attached hydrogen (secondary N) is 2.